The summed E-state index contributed by atoms with van der Waals surface area (Å²) in [5, 5.41) is 11.7. The quantitative estimate of drug-likeness (QED) is 0.464. The number of pyridine rings is 1. The third kappa shape index (κ3) is 3.83. The van der Waals surface area contributed by atoms with Gasteiger partial charge in [-0.2, -0.15) is 0 Å². The number of benzene rings is 2. The van der Waals surface area contributed by atoms with Gasteiger partial charge >= 0.3 is 5.97 Å². The summed E-state index contributed by atoms with van der Waals surface area (Å²) in [4.78, 5) is 20.0. The second-order valence-corrected chi connectivity index (χ2v) is 8.83. The molecule has 0 radical (unpaired) electrons. The van der Waals surface area contributed by atoms with Crippen LogP contribution in [0.2, 0.25) is 0 Å². The van der Waals surface area contributed by atoms with Crippen LogP contribution in [-0.2, 0) is 9.53 Å². The summed E-state index contributed by atoms with van der Waals surface area (Å²) in [6, 6.07) is 18.9. The number of rotatable bonds is 6. The molecule has 3 aliphatic heterocycles. The van der Waals surface area contributed by atoms with Crippen LogP contribution in [0.4, 0.5) is 0 Å². The first-order valence-corrected chi connectivity index (χ1v) is 11.3. The maximum absolute atomic E-state index is 13.1. The molecular weight excluding hydrogens is 400 g/mol. The van der Waals surface area contributed by atoms with Crippen LogP contribution in [0.15, 0.2) is 79.5 Å². The van der Waals surface area contributed by atoms with E-state index >= 15 is 0 Å². The second kappa shape index (κ2) is 8.85. The van der Waals surface area contributed by atoms with Crippen molar-refractivity contribution in [2.24, 2.45) is 11.8 Å². The number of piperidine rings is 3. The van der Waals surface area contributed by atoms with Crippen LogP contribution in [-0.4, -0.2) is 40.1 Å². The molecule has 3 fully saturated rings. The van der Waals surface area contributed by atoms with E-state index in [9.17, 15) is 9.90 Å². The van der Waals surface area contributed by atoms with Crippen molar-refractivity contribution in [1.82, 2.24) is 9.88 Å². The molecule has 164 valence electrons. The Balaban J connectivity index is 1.51. The van der Waals surface area contributed by atoms with E-state index in [-0.39, 0.29) is 6.04 Å². The minimum Gasteiger partial charge on any atom is -0.454 e. The number of hydrogen-bond acceptors (Lipinski definition) is 5. The first kappa shape index (κ1) is 20.9. The maximum Gasteiger partial charge on any atom is 0.340 e. The Kier molecular flexibility index (Phi) is 5.77. The summed E-state index contributed by atoms with van der Waals surface area (Å²) in [5.41, 5.74) is 2.35. The van der Waals surface area contributed by atoms with Gasteiger partial charge in [0.25, 0.3) is 0 Å². The van der Waals surface area contributed by atoms with Gasteiger partial charge in [-0.05, 0) is 48.9 Å². The van der Waals surface area contributed by atoms with Gasteiger partial charge in [-0.15, -0.1) is 6.58 Å². The summed E-state index contributed by atoms with van der Waals surface area (Å²) < 4.78 is 6.14. The molecule has 0 saturated carbocycles. The maximum atomic E-state index is 13.1. The van der Waals surface area contributed by atoms with Gasteiger partial charge in [-0.25, -0.2) is 4.79 Å². The van der Waals surface area contributed by atoms with Crippen molar-refractivity contribution in [3.05, 3.63) is 90.6 Å². The average Bonchev–Trinajstić information content (AvgIpc) is 2.87. The van der Waals surface area contributed by atoms with Gasteiger partial charge in [0, 0.05) is 23.7 Å². The zero-order valence-corrected chi connectivity index (χ0v) is 18.0. The van der Waals surface area contributed by atoms with E-state index in [1.165, 1.54) is 0 Å². The Morgan fingerprint density at radius 3 is 2.69 bits per heavy atom. The number of fused-ring (bicyclic) bond motifs is 4. The lowest BCUT2D eigenvalue weighted by atomic mass is 9.73. The van der Waals surface area contributed by atoms with E-state index in [1.807, 2.05) is 36.4 Å². The highest BCUT2D eigenvalue weighted by atomic mass is 16.6. The minimum absolute atomic E-state index is 0.0580. The number of aliphatic hydroxyl groups is 1. The molecule has 1 aromatic heterocycles. The number of carbonyl (C=O) groups excluding carboxylic acids is 1. The van der Waals surface area contributed by atoms with Crippen LogP contribution in [0, 0.1) is 11.8 Å². The predicted molar refractivity (Wildman–Crippen MR) is 124 cm³/mol. The second-order valence-electron chi connectivity index (χ2n) is 8.83. The Morgan fingerprint density at radius 2 is 1.94 bits per heavy atom. The molecule has 6 atom stereocenters. The van der Waals surface area contributed by atoms with Crippen molar-refractivity contribution >= 4 is 16.9 Å². The molecule has 0 aliphatic carbocycles. The molecule has 5 nitrogen and oxygen atoms in total. The first-order chi connectivity index (χ1) is 15.7. The molecule has 32 heavy (non-hydrogen) atoms. The molecule has 0 spiro atoms. The van der Waals surface area contributed by atoms with E-state index in [0.29, 0.717) is 17.4 Å². The van der Waals surface area contributed by atoms with Crippen molar-refractivity contribution < 1.29 is 14.6 Å². The number of aliphatic hydroxyl groups excluding tert-OH is 1. The van der Waals surface area contributed by atoms with Gasteiger partial charge in [-0.1, -0.05) is 54.6 Å². The van der Waals surface area contributed by atoms with E-state index in [4.69, 9.17) is 4.74 Å². The number of hydrogen-bond donors (Lipinski definition) is 1. The van der Waals surface area contributed by atoms with Gasteiger partial charge in [0.05, 0.1) is 11.6 Å². The van der Waals surface area contributed by atoms with Crippen molar-refractivity contribution in [3.8, 4) is 0 Å². The Labute approximate surface area is 188 Å². The van der Waals surface area contributed by atoms with Gasteiger partial charge in [0.2, 0.25) is 0 Å². The van der Waals surface area contributed by atoms with Gasteiger partial charge in [0.1, 0.15) is 6.10 Å². The van der Waals surface area contributed by atoms with Crippen LogP contribution >= 0.6 is 0 Å². The van der Waals surface area contributed by atoms with Crippen LogP contribution < -0.4 is 0 Å². The summed E-state index contributed by atoms with van der Waals surface area (Å²) in [7, 11) is 0. The van der Waals surface area contributed by atoms with Gasteiger partial charge in [-0.3, -0.25) is 9.88 Å². The highest BCUT2D eigenvalue weighted by molar-refractivity contribution is 5.83. The fraction of sp³-hybridized carbons (Fsp3) is 0.333. The molecule has 5 heteroatoms. The smallest absolute Gasteiger partial charge is 0.340 e. The van der Waals surface area contributed by atoms with Crippen molar-refractivity contribution in [2.45, 2.75) is 31.1 Å². The van der Waals surface area contributed by atoms with Crippen molar-refractivity contribution in [2.75, 3.05) is 13.1 Å². The molecular formula is C27H28N2O3. The molecule has 6 rings (SSSR count). The fourth-order valence-electron chi connectivity index (χ4n) is 5.37. The highest BCUT2D eigenvalue weighted by Gasteiger charge is 2.44. The zero-order valence-electron chi connectivity index (χ0n) is 18.0. The summed E-state index contributed by atoms with van der Waals surface area (Å²) >= 11 is 0. The number of carbonyl (C=O) groups is 1. The normalized spacial score (nSPS) is 26.4. The molecule has 3 saturated heterocycles. The van der Waals surface area contributed by atoms with Crippen molar-refractivity contribution in [1.29, 1.82) is 0 Å². The minimum atomic E-state index is -1.32. The van der Waals surface area contributed by atoms with E-state index < -0.39 is 18.2 Å². The van der Waals surface area contributed by atoms with Crippen LogP contribution in [0.3, 0.4) is 0 Å². The highest BCUT2D eigenvalue weighted by Crippen LogP contribution is 2.43. The Bertz CT molecular complexity index is 1110. The van der Waals surface area contributed by atoms with Gasteiger partial charge in [0.15, 0.2) is 6.10 Å². The lowest BCUT2D eigenvalue weighted by molar-refractivity contribution is -0.167. The van der Waals surface area contributed by atoms with E-state index in [0.717, 1.165) is 42.4 Å². The van der Waals surface area contributed by atoms with E-state index in [2.05, 4.69) is 22.5 Å². The third-order valence-electron chi connectivity index (χ3n) is 7.07. The lowest BCUT2D eigenvalue weighted by Crippen LogP contribution is -2.55. The SMILES string of the molecule is C=CC1CN2CCC1CC2C(OC(=O)C(O)c1ccccc1)c1ccnc2ccccc12. The van der Waals surface area contributed by atoms with Crippen LogP contribution in [0.5, 0.6) is 0 Å². The zero-order chi connectivity index (χ0) is 22.1. The number of nitrogens with zero attached hydrogens (tertiary/aromatic N) is 2. The summed E-state index contributed by atoms with van der Waals surface area (Å²) in [5.74, 6) is 0.390. The molecule has 2 bridgehead atoms. The number of ether oxygens (including phenoxy) is 1. The standard InChI is InChI=1S/C27H28N2O3/c1-2-18-17-29-15-13-20(18)16-24(29)26(22-12-14-28-23-11-7-6-10-21(22)23)32-27(31)25(30)19-8-4-3-5-9-19/h2-12,14,18,20,24-26,30H,1,13,15-17H2. The van der Waals surface area contributed by atoms with Crippen molar-refractivity contribution in [3.63, 3.8) is 0 Å². The number of para-hydroxylation sites is 1. The largest absolute Gasteiger partial charge is 0.454 e. The lowest BCUT2D eigenvalue weighted by Gasteiger charge is -2.51. The van der Waals surface area contributed by atoms with Crippen LogP contribution in [0.1, 0.15) is 36.2 Å². The number of aromatic nitrogens is 1. The molecule has 4 heterocycles. The Hall–Kier alpha value is -3.02. The summed E-state index contributed by atoms with van der Waals surface area (Å²) in [6.07, 6.45) is 4.11. The average molecular weight is 429 g/mol. The summed E-state index contributed by atoms with van der Waals surface area (Å²) in [6.45, 7) is 5.94. The fourth-order valence-corrected chi connectivity index (χ4v) is 5.37. The molecule has 1 N–H and O–H groups in total. The Morgan fingerprint density at radius 1 is 1.16 bits per heavy atom. The topological polar surface area (TPSA) is 62.7 Å². The number of esters is 1. The van der Waals surface area contributed by atoms with Gasteiger partial charge < -0.3 is 9.84 Å². The molecule has 0 amide bonds. The molecule has 3 aromatic rings. The predicted octanol–water partition coefficient (Wildman–Crippen LogP) is 4.45. The van der Waals surface area contributed by atoms with Crippen LogP contribution in [0.25, 0.3) is 10.9 Å². The van der Waals surface area contributed by atoms with E-state index in [1.54, 1.807) is 30.5 Å². The first-order valence-electron chi connectivity index (χ1n) is 11.3. The molecule has 6 unspecified atom stereocenters. The molecule has 2 aromatic carbocycles. The molecule has 3 aliphatic rings. The monoisotopic (exact) mass is 428 g/mol. The third-order valence-corrected chi connectivity index (χ3v) is 7.07.